The molecule has 0 fully saturated rings. The molecule has 3 N–H and O–H groups in total. The zero-order valence-corrected chi connectivity index (χ0v) is 10.9. The third-order valence-corrected chi connectivity index (χ3v) is 2.90. The van der Waals surface area contributed by atoms with Gasteiger partial charge in [-0.25, -0.2) is 4.79 Å². The van der Waals surface area contributed by atoms with Gasteiger partial charge >= 0.3 is 5.97 Å². The molecule has 0 aliphatic carbocycles. The minimum Gasteiger partial charge on any atom is -0.508 e. The lowest BCUT2D eigenvalue weighted by Gasteiger charge is -2.09. The van der Waals surface area contributed by atoms with Crippen molar-refractivity contribution >= 4 is 29.2 Å². The lowest BCUT2D eigenvalue weighted by Crippen LogP contribution is -2.15. The van der Waals surface area contributed by atoms with Gasteiger partial charge in [0.05, 0.1) is 10.7 Å². The molecule has 6 heteroatoms. The van der Waals surface area contributed by atoms with Crippen LogP contribution in [0, 0.1) is 0 Å². The second-order valence-corrected chi connectivity index (χ2v) is 4.38. The van der Waals surface area contributed by atoms with Crippen LogP contribution in [0.5, 0.6) is 5.75 Å². The number of aromatic hydroxyl groups is 1. The van der Waals surface area contributed by atoms with Crippen LogP contribution in [0.4, 0.5) is 5.69 Å². The molecule has 102 valence electrons. The fourth-order valence-electron chi connectivity index (χ4n) is 1.69. The summed E-state index contributed by atoms with van der Waals surface area (Å²) in [6.07, 6.45) is 0. The Morgan fingerprint density at radius 3 is 2.45 bits per heavy atom. The molecule has 0 aliphatic heterocycles. The molecule has 1 amide bonds. The highest BCUT2D eigenvalue weighted by Gasteiger charge is 2.16. The van der Waals surface area contributed by atoms with Gasteiger partial charge < -0.3 is 15.5 Å². The van der Waals surface area contributed by atoms with E-state index in [1.807, 2.05) is 0 Å². The Hall–Kier alpha value is -2.53. The highest BCUT2D eigenvalue weighted by atomic mass is 35.5. The first kappa shape index (κ1) is 13.9. The fraction of sp³-hybridized carbons (Fsp3) is 0. The third-order valence-electron chi connectivity index (χ3n) is 2.58. The van der Waals surface area contributed by atoms with Gasteiger partial charge in [-0.2, -0.15) is 0 Å². The Morgan fingerprint density at radius 1 is 1.10 bits per heavy atom. The van der Waals surface area contributed by atoms with E-state index in [0.717, 1.165) is 0 Å². The number of hydrogen-bond acceptors (Lipinski definition) is 3. The van der Waals surface area contributed by atoms with Crippen LogP contribution in [0.25, 0.3) is 0 Å². The Labute approximate surface area is 119 Å². The van der Waals surface area contributed by atoms with E-state index < -0.39 is 11.9 Å². The van der Waals surface area contributed by atoms with Crippen molar-refractivity contribution in [3.05, 3.63) is 58.6 Å². The molecular weight excluding hydrogens is 282 g/mol. The van der Waals surface area contributed by atoms with Crippen molar-refractivity contribution < 1.29 is 19.8 Å². The normalized spacial score (nSPS) is 10.1. The van der Waals surface area contributed by atoms with Gasteiger partial charge in [-0.05, 0) is 30.3 Å². The first-order valence-electron chi connectivity index (χ1n) is 5.61. The first-order chi connectivity index (χ1) is 9.49. The van der Waals surface area contributed by atoms with Gasteiger partial charge in [0.25, 0.3) is 5.91 Å². The van der Waals surface area contributed by atoms with E-state index in [1.54, 1.807) is 0 Å². The minimum atomic E-state index is -1.23. The van der Waals surface area contributed by atoms with E-state index in [-0.39, 0.29) is 27.6 Å². The van der Waals surface area contributed by atoms with Crippen molar-refractivity contribution in [3.8, 4) is 5.75 Å². The average Bonchev–Trinajstić information content (AvgIpc) is 2.38. The number of anilines is 1. The third kappa shape index (κ3) is 2.89. The SMILES string of the molecule is O=C(Nc1cccc(Cl)c1C(=O)O)c1cccc(O)c1. The van der Waals surface area contributed by atoms with Crippen molar-refractivity contribution in [1.82, 2.24) is 0 Å². The smallest absolute Gasteiger partial charge is 0.339 e. The molecule has 0 unspecified atom stereocenters. The summed E-state index contributed by atoms with van der Waals surface area (Å²) in [5, 5.41) is 20.9. The molecule has 0 heterocycles. The number of phenols is 1. The number of rotatable bonds is 3. The molecule has 2 rings (SSSR count). The standard InChI is InChI=1S/C14H10ClNO4/c15-10-5-2-6-11(12(10)14(19)20)16-13(18)8-3-1-4-9(17)7-8/h1-7,17H,(H,16,18)(H,19,20). The monoisotopic (exact) mass is 291 g/mol. The Bertz CT molecular complexity index is 685. The van der Waals surface area contributed by atoms with Crippen LogP contribution in [0.15, 0.2) is 42.5 Å². The van der Waals surface area contributed by atoms with Gasteiger partial charge in [0.2, 0.25) is 0 Å². The van der Waals surface area contributed by atoms with Crippen LogP contribution < -0.4 is 5.32 Å². The fourth-order valence-corrected chi connectivity index (χ4v) is 1.94. The van der Waals surface area contributed by atoms with E-state index in [2.05, 4.69) is 5.32 Å². The molecule has 0 aliphatic rings. The van der Waals surface area contributed by atoms with Crippen molar-refractivity contribution in [2.45, 2.75) is 0 Å². The number of carbonyl (C=O) groups excluding carboxylic acids is 1. The topological polar surface area (TPSA) is 86.6 Å². The summed E-state index contributed by atoms with van der Waals surface area (Å²) in [7, 11) is 0. The van der Waals surface area contributed by atoms with Crippen LogP contribution in [0.2, 0.25) is 5.02 Å². The van der Waals surface area contributed by atoms with Crippen molar-refractivity contribution in [2.24, 2.45) is 0 Å². The highest BCUT2D eigenvalue weighted by molar-refractivity contribution is 6.34. The molecule has 5 nitrogen and oxygen atoms in total. The number of carbonyl (C=O) groups is 2. The molecule has 0 radical (unpaired) electrons. The molecule has 20 heavy (non-hydrogen) atoms. The molecule has 2 aromatic rings. The lowest BCUT2D eigenvalue weighted by atomic mass is 10.1. The van der Waals surface area contributed by atoms with Crippen LogP contribution in [-0.2, 0) is 0 Å². The summed E-state index contributed by atoms with van der Waals surface area (Å²) >= 11 is 5.81. The minimum absolute atomic E-state index is 0.0335. The zero-order chi connectivity index (χ0) is 14.7. The van der Waals surface area contributed by atoms with Gasteiger partial charge in [-0.3, -0.25) is 4.79 Å². The second-order valence-electron chi connectivity index (χ2n) is 3.97. The number of benzene rings is 2. The van der Waals surface area contributed by atoms with Crippen molar-refractivity contribution in [2.75, 3.05) is 5.32 Å². The number of aromatic carboxylic acids is 1. The number of amides is 1. The Balaban J connectivity index is 2.33. The maximum atomic E-state index is 12.0. The molecule has 0 aromatic heterocycles. The maximum Gasteiger partial charge on any atom is 0.339 e. The summed E-state index contributed by atoms with van der Waals surface area (Å²) in [4.78, 5) is 23.1. The largest absolute Gasteiger partial charge is 0.508 e. The predicted octanol–water partition coefficient (Wildman–Crippen LogP) is 3.00. The van der Waals surface area contributed by atoms with Gasteiger partial charge in [-0.1, -0.05) is 23.7 Å². The molecule has 2 aromatic carbocycles. The van der Waals surface area contributed by atoms with Crippen LogP contribution in [0.3, 0.4) is 0 Å². The molecule has 0 spiro atoms. The predicted molar refractivity (Wildman–Crippen MR) is 74.5 cm³/mol. The summed E-state index contributed by atoms with van der Waals surface area (Å²) in [6.45, 7) is 0. The van der Waals surface area contributed by atoms with Gasteiger partial charge in [-0.15, -0.1) is 0 Å². The zero-order valence-electron chi connectivity index (χ0n) is 10.1. The van der Waals surface area contributed by atoms with E-state index >= 15 is 0 Å². The summed E-state index contributed by atoms with van der Waals surface area (Å²) in [5.74, 6) is -1.82. The molecule has 0 saturated heterocycles. The van der Waals surface area contributed by atoms with Crippen LogP contribution >= 0.6 is 11.6 Å². The highest BCUT2D eigenvalue weighted by Crippen LogP contribution is 2.25. The van der Waals surface area contributed by atoms with E-state index in [1.165, 1.54) is 42.5 Å². The molecule has 0 bridgehead atoms. The number of phenolic OH excluding ortho intramolecular Hbond substituents is 1. The number of carboxylic acids is 1. The first-order valence-corrected chi connectivity index (χ1v) is 5.99. The van der Waals surface area contributed by atoms with Crippen LogP contribution in [0.1, 0.15) is 20.7 Å². The number of halogens is 1. The van der Waals surface area contributed by atoms with E-state index in [9.17, 15) is 14.7 Å². The van der Waals surface area contributed by atoms with Crippen molar-refractivity contribution in [3.63, 3.8) is 0 Å². The number of carboxylic acid groups (broad SMARTS) is 1. The van der Waals surface area contributed by atoms with Gasteiger partial charge in [0.15, 0.2) is 0 Å². The van der Waals surface area contributed by atoms with Crippen LogP contribution in [-0.4, -0.2) is 22.1 Å². The molecule has 0 saturated carbocycles. The van der Waals surface area contributed by atoms with E-state index in [4.69, 9.17) is 16.7 Å². The van der Waals surface area contributed by atoms with Crippen molar-refractivity contribution in [1.29, 1.82) is 0 Å². The lowest BCUT2D eigenvalue weighted by molar-refractivity contribution is 0.0698. The Kier molecular flexibility index (Phi) is 3.91. The number of nitrogens with one attached hydrogen (secondary N) is 1. The maximum absolute atomic E-state index is 12.0. The molecule has 0 atom stereocenters. The second kappa shape index (κ2) is 5.63. The average molecular weight is 292 g/mol. The van der Waals surface area contributed by atoms with Gasteiger partial charge in [0, 0.05) is 5.56 Å². The van der Waals surface area contributed by atoms with E-state index in [0.29, 0.717) is 0 Å². The summed E-state index contributed by atoms with van der Waals surface area (Å²) in [6, 6.07) is 10.1. The number of hydrogen-bond donors (Lipinski definition) is 3. The Morgan fingerprint density at radius 2 is 1.80 bits per heavy atom. The summed E-state index contributed by atoms with van der Waals surface area (Å²) < 4.78 is 0. The molecular formula is C14H10ClNO4. The quantitative estimate of drug-likeness (QED) is 0.811. The van der Waals surface area contributed by atoms with Gasteiger partial charge in [0.1, 0.15) is 11.3 Å². The summed E-state index contributed by atoms with van der Waals surface area (Å²) in [5.41, 5.74) is 0.127.